The Kier molecular flexibility index (Phi) is 6.45. The Hall–Kier alpha value is -2.04. The molecule has 0 aromatic heterocycles. The Balaban J connectivity index is 1.95. The molecule has 0 atom stereocenters. The van der Waals surface area contributed by atoms with E-state index in [1.807, 2.05) is 24.3 Å². The standard InChI is InChI=1S/C19H20Cl2N2O2/c1-19(2,3)14-7-4-5-10-17(14)25-12-18(24)23-22-11-13-15(20)8-6-9-16(13)21/h4-11H,12H2,1-3H3,(H,23,24)/b22-11+. The van der Waals surface area contributed by atoms with Gasteiger partial charge in [0.1, 0.15) is 5.75 Å². The molecule has 0 aliphatic heterocycles. The van der Waals surface area contributed by atoms with Crippen molar-refractivity contribution >= 4 is 35.3 Å². The molecule has 1 N–H and O–H groups in total. The summed E-state index contributed by atoms with van der Waals surface area (Å²) in [5.41, 5.74) is 3.91. The van der Waals surface area contributed by atoms with Crippen molar-refractivity contribution in [2.45, 2.75) is 26.2 Å². The van der Waals surface area contributed by atoms with Crippen LogP contribution in [0.5, 0.6) is 5.75 Å². The van der Waals surface area contributed by atoms with Crippen LogP contribution in [-0.2, 0) is 10.2 Å². The number of rotatable bonds is 5. The van der Waals surface area contributed by atoms with Gasteiger partial charge in [0, 0.05) is 5.56 Å². The third-order valence-electron chi connectivity index (χ3n) is 3.44. The lowest BCUT2D eigenvalue weighted by atomic mass is 9.86. The summed E-state index contributed by atoms with van der Waals surface area (Å²) < 4.78 is 5.64. The van der Waals surface area contributed by atoms with Gasteiger partial charge in [-0.05, 0) is 29.2 Å². The second-order valence-electron chi connectivity index (χ2n) is 6.46. The summed E-state index contributed by atoms with van der Waals surface area (Å²) in [6, 6.07) is 12.8. The fraction of sp³-hybridized carbons (Fsp3) is 0.263. The van der Waals surface area contributed by atoms with Crippen LogP contribution in [0.25, 0.3) is 0 Å². The van der Waals surface area contributed by atoms with Gasteiger partial charge in [-0.2, -0.15) is 5.10 Å². The van der Waals surface area contributed by atoms with Gasteiger partial charge in [0.2, 0.25) is 0 Å². The molecule has 0 aliphatic rings. The van der Waals surface area contributed by atoms with E-state index >= 15 is 0 Å². The first-order valence-corrected chi connectivity index (χ1v) is 8.53. The molecule has 0 spiro atoms. The van der Waals surface area contributed by atoms with Gasteiger partial charge < -0.3 is 4.74 Å². The maximum absolute atomic E-state index is 11.9. The minimum absolute atomic E-state index is 0.0774. The largest absolute Gasteiger partial charge is 0.483 e. The molecule has 0 fully saturated rings. The van der Waals surface area contributed by atoms with Gasteiger partial charge in [-0.15, -0.1) is 0 Å². The van der Waals surface area contributed by atoms with Crippen LogP contribution in [0.3, 0.4) is 0 Å². The lowest BCUT2D eigenvalue weighted by Crippen LogP contribution is -2.25. The number of halogens is 2. The van der Waals surface area contributed by atoms with Crippen molar-refractivity contribution in [3.8, 4) is 5.75 Å². The Morgan fingerprint density at radius 3 is 2.40 bits per heavy atom. The summed E-state index contributed by atoms with van der Waals surface area (Å²) in [5.74, 6) is 0.311. The zero-order valence-electron chi connectivity index (χ0n) is 14.3. The van der Waals surface area contributed by atoms with E-state index in [1.54, 1.807) is 18.2 Å². The molecule has 2 aromatic carbocycles. The van der Waals surface area contributed by atoms with Crippen LogP contribution < -0.4 is 10.2 Å². The summed E-state index contributed by atoms with van der Waals surface area (Å²) in [7, 11) is 0. The molecular weight excluding hydrogens is 359 g/mol. The molecule has 0 unspecified atom stereocenters. The minimum atomic E-state index is -0.372. The second-order valence-corrected chi connectivity index (χ2v) is 7.28. The first-order chi connectivity index (χ1) is 11.8. The Morgan fingerprint density at radius 2 is 1.76 bits per heavy atom. The number of benzene rings is 2. The van der Waals surface area contributed by atoms with Crippen molar-refractivity contribution in [3.05, 3.63) is 63.6 Å². The average molecular weight is 379 g/mol. The molecule has 0 saturated carbocycles. The molecule has 0 heterocycles. The van der Waals surface area contributed by atoms with E-state index in [0.717, 1.165) is 5.56 Å². The Morgan fingerprint density at radius 1 is 1.12 bits per heavy atom. The number of hydrogen-bond donors (Lipinski definition) is 1. The van der Waals surface area contributed by atoms with E-state index in [0.29, 0.717) is 21.4 Å². The van der Waals surface area contributed by atoms with E-state index in [1.165, 1.54) is 6.21 Å². The fourth-order valence-electron chi connectivity index (χ4n) is 2.19. The third-order valence-corrected chi connectivity index (χ3v) is 4.10. The summed E-state index contributed by atoms with van der Waals surface area (Å²) in [5, 5.41) is 4.79. The smallest absolute Gasteiger partial charge is 0.277 e. The summed E-state index contributed by atoms with van der Waals surface area (Å²) >= 11 is 12.1. The molecule has 0 bridgehead atoms. The van der Waals surface area contributed by atoms with E-state index in [-0.39, 0.29) is 17.9 Å². The first kappa shape index (κ1) is 19.3. The first-order valence-electron chi connectivity index (χ1n) is 7.77. The number of ether oxygens (including phenoxy) is 1. The molecule has 0 saturated heterocycles. The molecule has 0 radical (unpaired) electrons. The van der Waals surface area contributed by atoms with Crippen LogP contribution in [0.15, 0.2) is 47.6 Å². The SMILES string of the molecule is CC(C)(C)c1ccccc1OCC(=O)N/N=C/c1c(Cl)cccc1Cl. The van der Waals surface area contributed by atoms with Crippen LogP contribution >= 0.6 is 23.2 Å². The predicted molar refractivity (Wildman–Crippen MR) is 103 cm³/mol. The third kappa shape index (κ3) is 5.48. The van der Waals surface area contributed by atoms with Crippen molar-refractivity contribution in [2.24, 2.45) is 5.10 Å². The van der Waals surface area contributed by atoms with Gasteiger partial charge >= 0.3 is 0 Å². The molecule has 6 heteroatoms. The molecule has 4 nitrogen and oxygen atoms in total. The highest BCUT2D eigenvalue weighted by molar-refractivity contribution is 6.38. The number of hydrogen-bond acceptors (Lipinski definition) is 3. The van der Waals surface area contributed by atoms with Crippen LogP contribution in [0.2, 0.25) is 10.0 Å². The minimum Gasteiger partial charge on any atom is -0.483 e. The molecule has 1 amide bonds. The highest BCUT2D eigenvalue weighted by atomic mass is 35.5. The van der Waals surface area contributed by atoms with Crippen LogP contribution in [-0.4, -0.2) is 18.7 Å². The topological polar surface area (TPSA) is 50.7 Å². The molecule has 0 aliphatic carbocycles. The Labute approximate surface area is 157 Å². The quantitative estimate of drug-likeness (QED) is 0.598. The van der Waals surface area contributed by atoms with E-state index in [2.05, 4.69) is 31.3 Å². The number of amides is 1. The number of carbonyl (C=O) groups excluding carboxylic acids is 1. The van der Waals surface area contributed by atoms with Gasteiger partial charge in [-0.25, -0.2) is 5.43 Å². The van der Waals surface area contributed by atoms with Crippen LogP contribution in [0.4, 0.5) is 0 Å². The number of nitrogens with zero attached hydrogens (tertiary/aromatic N) is 1. The van der Waals surface area contributed by atoms with Crippen molar-refractivity contribution in [2.75, 3.05) is 6.61 Å². The lowest BCUT2D eigenvalue weighted by molar-refractivity contribution is -0.123. The highest BCUT2D eigenvalue weighted by Crippen LogP contribution is 2.30. The van der Waals surface area contributed by atoms with E-state index in [9.17, 15) is 4.79 Å². The lowest BCUT2D eigenvalue weighted by Gasteiger charge is -2.22. The van der Waals surface area contributed by atoms with Gasteiger partial charge in [0.25, 0.3) is 5.91 Å². The van der Waals surface area contributed by atoms with E-state index in [4.69, 9.17) is 27.9 Å². The predicted octanol–water partition coefficient (Wildman–Crippen LogP) is 4.82. The van der Waals surface area contributed by atoms with E-state index < -0.39 is 0 Å². The van der Waals surface area contributed by atoms with Crippen molar-refractivity contribution in [3.63, 3.8) is 0 Å². The molecular formula is C19H20Cl2N2O2. The number of nitrogens with one attached hydrogen (secondary N) is 1. The highest BCUT2D eigenvalue weighted by Gasteiger charge is 2.18. The molecule has 25 heavy (non-hydrogen) atoms. The summed E-state index contributed by atoms with van der Waals surface area (Å²) in [4.78, 5) is 11.9. The van der Waals surface area contributed by atoms with Crippen molar-refractivity contribution < 1.29 is 9.53 Å². The normalized spacial score (nSPS) is 11.6. The van der Waals surface area contributed by atoms with Crippen LogP contribution in [0, 0.1) is 0 Å². The zero-order valence-corrected chi connectivity index (χ0v) is 15.9. The maximum Gasteiger partial charge on any atom is 0.277 e. The van der Waals surface area contributed by atoms with Gasteiger partial charge in [-0.3, -0.25) is 4.79 Å². The second kappa shape index (κ2) is 8.37. The molecule has 2 rings (SSSR count). The van der Waals surface area contributed by atoms with Gasteiger partial charge in [0.05, 0.1) is 16.3 Å². The zero-order chi connectivity index (χ0) is 18.4. The van der Waals surface area contributed by atoms with Gasteiger partial charge in [-0.1, -0.05) is 68.2 Å². The van der Waals surface area contributed by atoms with Crippen LogP contribution in [0.1, 0.15) is 31.9 Å². The molecule has 132 valence electrons. The summed E-state index contributed by atoms with van der Waals surface area (Å²) in [6.07, 6.45) is 1.41. The van der Waals surface area contributed by atoms with Crippen molar-refractivity contribution in [1.82, 2.24) is 5.43 Å². The fourth-order valence-corrected chi connectivity index (χ4v) is 2.69. The maximum atomic E-state index is 11.9. The number of hydrazone groups is 1. The summed E-state index contributed by atoms with van der Waals surface area (Å²) in [6.45, 7) is 6.13. The molecule has 2 aromatic rings. The monoisotopic (exact) mass is 378 g/mol. The number of para-hydroxylation sites is 1. The van der Waals surface area contributed by atoms with Gasteiger partial charge in [0.15, 0.2) is 6.61 Å². The number of carbonyl (C=O) groups is 1. The van der Waals surface area contributed by atoms with Crippen molar-refractivity contribution in [1.29, 1.82) is 0 Å². The Bertz CT molecular complexity index is 763. The average Bonchev–Trinajstić information content (AvgIpc) is 2.55.